The molecular formula is C12H15N3S. The largest absolute Gasteiger partial charge is 0.326 e. The zero-order valence-corrected chi connectivity index (χ0v) is 10.3. The number of aryl methyl sites for hydroxylation is 2. The summed E-state index contributed by atoms with van der Waals surface area (Å²) in [7, 11) is 0. The fourth-order valence-corrected chi connectivity index (χ4v) is 2.72. The molecule has 0 aliphatic rings. The lowest BCUT2D eigenvalue weighted by atomic mass is 10.2. The van der Waals surface area contributed by atoms with E-state index in [-0.39, 0.29) is 0 Å². The van der Waals surface area contributed by atoms with Gasteiger partial charge in [0.15, 0.2) is 0 Å². The molecule has 2 heterocycles. The zero-order chi connectivity index (χ0) is 11.5. The summed E-state index contributed by atoms with van der Waals surface area (Å²) >= 11 is 1.65. The molecule has 2 rings (SSSR count). The monoisotopic (exact) mass is 233 g/mol. The van der Waals surface area contributed by atoms with Crippen molar-refractivity contribution in [2.75, 3.05) is 0 Å². The smallest absolute Gasteiger partial charge is 0.142 e. The normalized spacial score (nSPS) is 10.7. The third kappa shape index (κ3) is 1.99. The average molecular weight is 233 g/mol. The number of thiazole rings is 1. The van der Waals surface area contributed by atoms with Gasteiger partial charge in [0.1, 0.15) is 10.7 Å². The van der Waals surface area contributed by atoms with Gasteiger partial charge in [-0.25, -0.2) is 4.98 Å². The van der Waals surface area contributed by atoms with E-state index in [4.69, 9.17) is 5.73 Å². The second-order valence-electron chi connectivity index (χ2n) is 3.62. The summed E-state index contributed by atoms with van der Waals surface area (Å²) in [6.07, 6.45) is 2.73. The summed E-state index contributed by atoms with van der Waals surface area (Å²) in [5.41, 5.74) is 8.94. The van der Waals surface area contributed by atoms with E-state index in [9.17, 15) is 0 Å². The molecule has 0 atom stereocenters. The number of hydrogen-bond donors (Lipinski definition) is 1. The van der Waals surface area contributed by atoms with Crippen LogP contribution in [0.4, 0.5) is 0 Å². The summed E-state index contributed by atoms with van der Waals surface area (Å²) in [4.78, 5) is 10.2. The molecule has 16 heavy (non-hydrogen) atoms. The molecule has 2 aromatic rings. The maximum absolute atomic E-state index is 5.71. The SMILES string of the molecule is CCc1nc(-c2ncccc2C)sc1CN. The maximum Gasteiger partial charge on any atom is 0.142 e. The van der Waals surface area contributed by atoms with Crippen LogP contribution in [0.15, 0.2) is 18.3 Å². The van der Waals surface area contributed by atoms with Crippen LogP contribution >= 0.6 is 11.3 Å². The molecule has 0 bridgehead atoms. The Balaban J connectivity index is 2.49. The van der Waals surface area contributed by atoms with Gasteiger partial charge < -0.3 is 5.73 Å². The Labute approximate surface area is 99.4 Å². The van der Waals surface area contributed by atoms with Crippen molar-refractivity contribution in [3.63, 3.8) is 0 Å². The van der Waals surface area contributed by atoms with E-state index in [1.165, 1.54) is 4.88 Å². The molecular weight excluding hydrogens is 218 g/mol. The lowest BCUT2D eigenvalue weighted by Gasteiger charge is -1.98. The van der Waals surface area contributed by atoms with Crippen molar-refractivity contribution >= 4 is 11.3 Å². The van der Waals surface area contributed by atoms with Crippen molar-refractivity contribution in [1.29, 1.82) is 0 Å². The van der Waals surface area contributed by atoms with Crippen LogP contribution in [0.2, 0.25) is 0 Å². The molecule has 2 aromatic heterocycles. The van der Waals surface area contributed by atoms with Crippen LogP contribution in [-0.4, -0.2) is 9.97 Å². The Bertz CT molecular complexity index is 469. The van der Waals surface area contributed by atoms with E-state index < -0.39 is 0 Å². The Morgan fingerprint density at radius 3 is 2.81 bits per heavy atom. The van der Waals surface area contributed by atoms with E-state index in [1.54, 1.807) is 17.5 Å². The molecule has 0 saturated heterocycles. The van der Waals surface area contributed by atoms with E-state index >= 15 is 0 Å². The second-order valence-corrected chi connectivity index (χ2v) is 4.70. The molecule has 0 radical (unpaired) electrons. The van der Waals surface area contributed by atoms with Gasteiger partial charge in [-0.1, -0.05) is 13.0 Å². The molecule has 0 aliphatic heterocycles. The topological polar surface area (TPSA) is 51.8 Å². The van der Waals surface area contributed by atoms with Gasteiger partial charge in [0.05, 0.1) is 5.69 Å². The number of nitrogens with two attached hydrogens (primary N) is 1. The zero-order valence-electron chi connectivity index (χ0n) is 9.53. The van der Waals surface area contributed by atoms with Crippen molar-refractivity contribution < 1.29 is 0 Å². The van der Waals surface area contributed by atoms with E-state index in [2.05, 4.69) is 29.9 Å². The average Bonchev–Trinajstić information content (AvgIpc) is 2.72. The van der Waals surface area contributed by atoms with E-state index in [0.29, 0.717) is 6.54 Å². The van der Waals surface area contributed by atoms with Crippen molar-refractivity contribution in [3.05, 3.63) is 34.5 Å². The van der Waals surface area contributed by atoms with E-state index in [0.717, 1.165) is 28.4 Å². The van der Waals surface area contributed by atoms with Crippen molar-refractivity contribution in [3.8, 4) is 10.7 Å². The first-order valence-electron chi connectivity index (χ1n) is 5.37. The van der Waals surface area contributed by atoms with E-state index in [1.807, 2.05) is 6.07 Å². The molecule has 0 unspecified atom stereocenters. The predicted octanol–water partition coefficient (Wildman–Crippen LogP) is 2.53. The lowest BCUT2D eigenvalue weighted by Crippen LogP contribution is -1.96. The van der Waals surface area contributed by atoms with Gasteiger partial charge >= 0.3 is 0 Å². The van der Waals surface area contributed by atoms with Crippen LogP contribution in [0.3, 0.4) is 0 Å². The highest BCUT2D eigenvalue weighted by Gasteiger charge is 2.12. The highest BCUT2D eigenvalue weighted by molar-refractivity contribution is 7.15. The van der Waals surface area contributed by atoms with Crippen LogP contribution in [-0.2, 0) is 13.0 Å². The number of nitrogens with zero attached hydrogens (tertiary/aromatic N) is 2. The van der Waals surface area contributed by atoms with Crippen LogP contribution < -0.4 is 5.73 Å². The Morgan fingerprint density at radius 1 is 1.44 bits per heavy atom. The minimum Gasteiger partial charge on any atom is -0.326 e. The first kappa shape index (κ1) is 11.2. The molecule has 2 N–H and O–H groups in total. The highest BCUT2D eigenvalue weighted by atomic mass is 32.1. The fourth-order valence-electron chi connectivity index (χ4n) is 1.63. The summed E-state index contributed by atoms with van der Waals surface area (Å²) < 4.78 is 0. The minimum absolute atomic E-state index is 0.562. The number of rotatable bonds is 3. The van der Waals surface area contributed by atoms with Crippen molar-refractivity contribution in [1.82, 2.24) is 9.97 Å². The second kappa shape index (κ2) is 4.72. The summed E-state index contributed by atoms with van der Waals surface area (Å²) in [6.45, 7) is 4.72. The predicted molar refractivity (Wildman–Crippen MR) is 67.4 cm³/mol. The lowest BCUT2D eigenvalue weighted by molar-refractivity contribution is 0.988. The first-order chi connectivity index (χ1) is 7.76. The molecule has 0 aliphatic carbocycles. The quantitative estimate of drug-likeness (QED) is 0.886. The number of aromatic nitrogens is 2. The molecule has 0 spiro atoms. The summed E-state index contributed by atoms with van der Waals surface area (Å²) in [5.74, 6) is 0. The molecule has 84 valence electrons. The molecule has 4 heteroatoms. The standard InChI is InChI=1S/C12H15N3S/c1-3-9-10(7-13)16-12(15-9)11-8(2)5-4-6-14-11/h4-6H,3,7,13H2,1-2H3. The minimum atomic E-state index is 0.562. The van der Waals surface area contributed by atoms with Crippen LogP contribution in [0.25, 0.3) is 10.7 Å². The molecule has 3 nitrogen and oxygen atoms in total. The summed E-state index contributed by atoms with van der Waals surface area (Å²) in [6, 6.07) is 3.99. The maximum atomic E-state index is 5.71. The van der Waals surface area contributed by atoms with Crippen molar-refractivity contribution in [2.45, 2.75) is 26.8 Å². The molecule has 0 fully saturated rings. The van der Waals surface area contributed by atoms with Crippen molar-refractivity contribution in [2.24, 2.45) is 5.73 Å². The molecule has 0 saturated carbocycles. The van der Waals surface area contributed by atoms with Gasteiger partial charge in [0.25, 0.3) is 0 Å². The third-order valence-corrected chi connectivity index (χ3v) is 3.64. The van der Waals surface area contributed by atoms with Gasteiger partial charge in [-0.3, -0.25) is 4.98 Å². The van der Waals surface area contributed by atoms with Gasteiger partial charge in [-0.15, -0.1) is 11.3 Å². The van der Waals surface area contributed by atoms with Gasteiger partial charge in [-0.05, 0) is 25.0 Å². The molecule has 0 aromatic carbocycles. The Kier molecular flexibility index (Phi) is 3.31. The summed E-state index contributed by atoms with van der Waals surface area (Å²) in [5, 5.41) is 0.982. The Morgan fingerprint density at radius 2 is 2.25 bits per heavy atom. The van der Waals surface area contributed by atoms with Crippen LogP contribution in [0, 0.1) is 6.92 Å². The number of pyridine rings is 1. The first-order valence-corrected chi connectivity index (χ1v) is 6.18. The van der Waals surface area contributed by atoms with Gasteiger partial charge in [0, 0.05) is 17.6 Å². The van der Waals surface area contributed by atoms with Gasteiger partial charge in [-0.2, -0.15) is 0 Å². The number of hydrogen-bond acceptors (Lipinski definition) is 4. The Hall–Kier alpha value is -1.26. The third-order valence-electron chi connectivity index (χ3n) is 2.51. The molecule has 0 amide bonds. The van der Waals surface area contributed by atoms with Crippen LogP contribution in [0.1, 0.15) is 23.1 Å². The van der Waals surface area contributed by atoms with Crippen LogP contribution in [0.5, 0.6) is 0 Å². The van der Waals surface area contributed by atoms with Gasteiger partial charge in [0.2, 0.25) is 0 Å². The highest BCUT2D eigenvalue weighted by Crippen LogP contribution is 2.28. The fraction of sp³-hybridized carbons (Fsp3) is 0.333.